The maximum atomic E-state index is 13.6. The predicted molar refractivity (Wildman–Crippen MR) is 151 cm³/mol. The van der Waals surface area contributed by atoms with Gasteiger partial charge >= 0.3 is 6.47 Å². The van der Waals surface area contributed by atoms with Crippen LogP contribution in [0.25, 0.3) is 10.8 Å². The summed E-state index contributed by atoms with van der Waals surface area (Å²) in [6.07, 6.45) is 3.54. The van der Waals surface area contributed by atoms with E-state index in [1.165, 1.54) is 36.3 Å². The van der Waals surface area contributed by atoms with Crippen molar-refractivity contribution < 1.29 is 32.4 Å². The average molecular weight is 607 g/mol. The number of hydrogen-bond acceptors (Lipinski definition) is 8. The van der Waals surface area contributed by atoms with Gasteiger partial charge in [0.25, 0.3) is 10.0 Å². The number of carbonyl (C=O) groups excluding carboxylic acids is 3. The van der Waals surface area contributed by atoms with Gasteiger partial charge in [0.15, 0.2) is 0 Å². The van der Waals surface area contributed by atoms with E-state index in [9.17, 15) is 22.8 Å². The Bertz CT molecular complexity index is 1400. The topological polar surface area (TPSA) is 117 Å². The number of hydroxylamine groups is 1. The van der Waals surface area contributed by atoms with E-state index in [2.05, 4.69) is 4.90 Å². The van der Waals surface area contributed by atoms with Crippen LogP contribution in [0.5, 0.6) is 0 Å². The molecule has 0 radical (unpaired) electrons. The molecular formula is C28H35ClN4O7S. The van der Waals surface area contributed by atoms with Crippen LogP contribution in [-0.4, -0.2) is 110 Å². The first kappa shape index (κ1) is 29.7. The highest BCUT2D eigenvalue weighted by Crippen LogP contribution is 2.29. The lowest BCUT2D eigenvalue weighted by molar-refractivity contribution is -0.164. The molecule has 2 amide bonds. The third kappa shape index (κ3) is 6.36. The molecule has 13 heteroatoms. The molecule has 0 N–H and O–H groups in total. The van der Waals surface area contributed by atoms with Crippen LogP contribution in [0.15, 0.2) is 41.3 Å². The molecule has 2 unspecified atom stereocenters. The number of rotatable bonds is 9. The average Bonchev–Trinajstić information content (AvgIpc) is 3.35. The van der Waals surface area contributed by atoms with Gasteiger partial charge in [-0.1, -0.05) is 30.2 Å². The molecule has 2 aromatic carbocycles. The van der Waals surface area contributed by atoms with Crippen molar-refractivity contribution in [3.63, 3.8) is 0 Å². The van der Waals surface area contributed by atoms with E-state index in [0.717, 1.165) is 25.0 Å². The number of morpholine rings is 1. The van der Waals surface area contributed by atoms with Gasteiger partial charge in [-0.25, -0.2) is 8.42 Å². The summed E-state index contributed by atoms with van der Waals surface area (Å²) >= 11 is 6.04. The van der Waals surface area contributed by atoms with Crippen LogP contribution in [0.4, 0.5) is 0 Å². The molecule has 2 aromatic rings. The molecule has 3 atom stereocenters. The number of nitrogens with zero attached hydrogens (tertiary/aromatic N) is 4. The summed E-state index contributed by atoms with van der Waals surface area (Å²) in [5.41, 5.74) is 0. The molecule has 0 aromatic heterocycles. The molecule has 3 aliphatic rings. The third-order valence-corrected chi connectivity index (χ3v) is 10.0. The second kappa shape index (κ2) is 12.6. The molecule has 11 nitrogen and oxygen atoms in total. The number of carbonyl (C=O) groups is 3. The largest absolute Gasteiger partial charge is 0.373 e. The van der Waals surface area contributed by atoms with Crippen LogP contribution in [0.1, 0.15) is 32.6 Å². The second-order valence-electron chi connectivity index (χ2n) is 10.8. The zero-order valence-electron chi connectivity index (χ0n) is 23.0. The van der Waals surface area contributed by atoms with Crippen LogP contribution < -0.4 is 0 Å². The quantitative estimate of drug-likeness (QED) is 0.315. The van der Waals surface area contributed by atoms with Crippen molar-refractivity contribution in [1.82, 2.24) is 19.2 Å². The minimum Gasteiger partial charge on any atom is -0.373 e. The fourth-order valence-electron chi connectivity index (χ4n) is 5.92. The van der Waals surface area contributed by atoms with E-state index in [-0.39, 0.29) is 36.3 Å². The molecule has 3 saturated heterocycles. The highest BCUT2D eigenvalue weighted by Gasteiger charge is 2.47. The summed E-state index contributed by atoms with van der Waals surface area (Å²) in [6, 6.07) is 7.32. The fraction of sp³-hybridized carbons (Fsp3) is 0.536. The molecule has 222 valence electrons. The Labute approximate surface area is 244 Å². The molecule has 3 fully saturated rings. The van der Waals surface area contributed by atoms with Crippen LogP contribution in [0, 0.1) is 0 Å². The van der Waals surface area contributed by atoms with Gasteiger partial charge in [0.1, 0.15) is 12.1 Å². The van der Waals surface area contributed by atoms with E-state index < -0.39 is 28.0 Å². The molecule has 0 spiro atoms. The molecule has 0 saturated carbocycles. The summed E-state index contributed by atoms with van der Waals surface area (Å²) in [7, 11) is -4.41. The maximum absolute atomic E-state index is 13.6. The van der Waals surface area contributed by atoms with Crippen LogP contribution in [0.3, 0.4) is 0 Å². The standard InChI is InChI=1S/C28H35ClN4O7S/c1-20(27(35)31-13-14-39-24(18-31)17-30-10-3-2-4-11-30)32-12-9-26(28(32)36)33(40-19-34)41(37,38)25-8-6-21-15-23(29)7-5-22(21)16-25/h5-8,15-16,19-20,24,26H,2-4,9-14,17-18H2,1H3/t20-,24?,26?/m0/s1. The van der Waals surface area contributed by atoms with Crippen molar-refractivity contribution >= 4 is 50.7 Å². The van der Waals surface area contributed by atoms with Gasteiger partial charge in [-0.15, -0.1) is 0 Å². The molecule has 3 heterocycles. The van der Waals surface area contributed by atoms with Gasteiger partial charge in [-0.3, -0.25) is 14.4 Å². The number of halogens is 1. The van der Waals surface area contributed by atoms with Crippen molar-refractivity contribution in [2.75, 3.05) is 45.9 Å². The number of sulfonamides is 1. The SMILES string of the molecule is C[C@@H](C(=O)N1CCOC(CN2CCCCC2)C1)N1CCC(N(OC=O)S(=O)(=O)c2ccc3cc(Cl)ccc3c2)C1=O. The zero-order valence-corrected chi connectivity index (χ0v) is 24.6. The van der Waals surface area contributed by atoms with Gasteiger partial charge in [-0.05, 0) is 78.8 Å². The van der Waals surface area contributed by atoms with Crippen molar-refractivity contribution in [2.24, 2.45) is 0 Å². The van der Waals surface area contributed by atoms with Crippen molar-refractivity contribution in [3.05, 3.63) is 41.4 Å². The Morgan fingerprint density at radius 2 is 1.85 bits per heavy atom. The number of likely N-dealkylation sites (tertiary alicyclic amines) is 2. The number of hydrogen-bond donors (Lipinski definition) is 0. The van der Waals surface area contributed by atoms with E-state index >= 15 is 0 Å². The van der Waals surface area contributed by atoms with Crippen molar-refractivity contribution in [1.29, 1.82) is 0 Å². The first-order valence-corrected chi connectivity index (χ1v) is 15.8. The maximum Gasteiger partial charge on any atom is 0.314 e. The minimum absolute atomic E-state index is 0.0148. The van der Waals surface area contributed by atoms with E-state index in [1.807, 2.05) is 0 Å². The summed E-state index contributed by atoms with van der Waals surface area (Å²) in [6.45, 7) is 5.88. The zero-order chi connectivity index (χ0) is 29.1. The Morgan fingerprint density at radius 3 is 2.61 bits per heavy atom. The molecular weight excluding hydrogens is 572 g/mol. The number of benzene rings is 2. The van der Waals surface area contributed by atoms with E-state index in [0.29, 0.717) is 34.6 Å². The molecule has 41 heavy (non-hydrogen) atoms. The highest BCUT2D eigenvalue weighted by molar-refractivity contribution is 7.89. The normalized spacial score (nSPS) is 23.2. The van der Waals surface area contributed by atoms with Crippen LogP contribution >= 0.6 is 11.6 Å². The Hall–Kier alpha value is -2.77. The minimum atomic E-state index is -4.41. The molecule has 3 aliphatic heterocycles. The number of piperidine rings is 1. The van der Waals surface area contributed by atoms with E-state index in [4.69, 9.17) is 21.2 Å². The van der Waals surface area contributed by atoms with Gasteiger partial charge in [0.2, 0.25) is 11.8 Å². The summed E-state index contributed by atoms with van der Waals surface area (Å²) in [5, 5.41) is 1.86. The summed E-state index contributed by atoms with van der Waals surface area (Å²) < 4.78 is 33.5. The summed E-state index contributed by atoms with van der Waals surface area (Å²) in [5.74, 6) is -0.813. The van der Waals surface area contributed by atoms with Gasteiger partial charge in [-0.2, -0.15) is 0 Å². The first-order valence-electron chi connectivity index (χ1n) is 14.0. The lowest BCUT2D eigenvalue weighted by Gasteiger charge is -2.38. The number of amides is 2. The van der Waals surface area contributed by atoms with Gasteiger partial charge < -0.3 is 24.3 Å². The van der Waals surface area contributed by atoms with Crippen molar-refractivity contribution in [2.45, 2.75) is 55.7 Å². The van der Waals surface area contributed by atoms with Crippen molar-refractivity contribution in [3.8, 4) is 0 Å². The van der Waals surface area contributed by atoms with Crippen LogP contribution in [0.2, 0.25) is 5.02 Å². The Balaban J connectivity index is 1.28. The Morgan fingerprint density at radius 1 is 1.12 bits per heavy atom. The fourth-order valence-corrected chi connectivity index (χ4v) is 7.51. The number of ether oxygens (including phenoxy) is 1. The highest BCUT2D eigenvalue weighted by atomic mass is 35.5. The predicted octanol–water partition coefficient (Wildman–Crippen LogP) is 2.27. The Kier molecular flexibility index (Phi) is 9.15. The molecule has 0 aliphatic carbocycles. The number of fused-ring (bicyclic) bond motifs is 1. The molecule has 5 rings (SSSR count). The van der Waals surface area contributed by atoms with Gasteiger partial charge in [0, 0.05) is 31.2 Å². The first-order chi connectivity index (χ1) is 19.7. The lowest BCUT2D eigenvalue weighted by atomic mass is 10.1. The summed E-state index contributed by atoms with van der Waals surface area (Å²) in [4.78, 5) is 48.6. The monoisotopic (exact) mass is 606 g/mol. The van der Waals surface area contributed by atoms with Crippen LogP contribution in [-0.2, 0) is 34.0 Å². The van der Waals surface area contributed by atoms with Gasteiger partial charge in [0.05, 0.1) is 17.6 Å². The lowest BCUT2D eigenvalue weighted by Crippen LogP contribution is -2.56. The van der Waals surface area contributed by atoms with E-state index in [1.54, 1.807) is 36.1 Å². The second-order valence-corrected chi connectivity index (χ2v) is 13.0. The molecule has 0 bridgehead atoms. The third-order valence-electron chi connectivity index (χ3n) is 8.11. The smallest absolute Gasteiger partial charge is 0.314 e.